The minimum absolute atomic E-state index is 0.0371. The van der Waals surface area contributed by atoms with Crippen LogP contribution in [0.15, 0.2) is 6.07 Å². The minimum atomic E-state index is -0.769. The molecule has 0 radical (unpaired) electrons. The zero-order valence-electron chi connectivity index (χ0n) is 16.1. The van der Waals surface area contributed by atoms with Crippen molar-refractivity contribution in [3.63, 3.8) is 0 Å². The second-order valence-corrected chi connectivity index (χ2v) is 8.38. The molecule has 0 bridgehead atoms. The highest BCUT2D eigenvalue weighted by Gasteiger charge is 2.29. The highest BCUT2D eigenvalue weighted by molar-refractivity contribution is 5.92. The molecule has 1 amide bonds. The van der Waals surface area contributed by atoms with E-state index >= 15 is 0 Å². The Morgan fingerprint density at radius 2 is 2.04 bits per heavy atom. The van der Waals surface area contributed by atoms with Gasteiger partial charge in [0.2, 0.25) is 0 Å². The number of hydrogen-bond acceptors (Lipinski definition) is 3. The highest BCUT2D eigenvalue weighted by Crippen LogP contribution is 2.26. The monoisotopic (exact) mass is 349 g/mol. The van der Waals surface area contributed by atoms with Crippen molar-refractivity contribution in [2.75, 3.05) is 13.1 Å². The Morgan fingerprint density at radius 3 is 2.56 bits per heavy atom. The molecule has 6 nitrogen and oxygen atoms in total. The normalized spacial score (nSPS) is 18.6. The molecule has 1 fully saturated rings. The van der Waals surface area contributed by atoms with E-state index in [1.165, 1.54) is 0 Å². The molecule has 1 N–H and O–H groups in total. The maximum absolute atomic E-state index is 12.9. The number of carbonyl (C=O) groups is 2. The lowest BCUT2D eigenvalue weighted by Crippen LogP contribution is -2.40. The minimum Gasteiger partial charge on any atom is -0.481 e. The van der Waals surface area contributed by atoms with Crippen LogP contribution in [-0.4, -0.2) is 44.8 Å². The summed E-state index contributed by atoms with van der Waals surface area (Å²) < 4.78 is 1.96. The number of aliphatic carboxylic acids is 1. The van der Waals surface area contributed by atoms with Gasteiger partial charge in [-0.1, -0.05) is 13.8 Å². The lowest BCUT2D eigenvalue weighted by molar-refractivity contribution is -0.137. The van der Waals surface area contributed by atoms with Crippen LogP contribution in [0, 0.1) is 5.92 Å². The van der Waals surface area contributed by atoms with Crippen LogP contribution in [-0.2, 0) is 10.3 Å². The van der Waals surface area contributed by atoms with E-state index in [2.05, 4.69) is 39.7 Å². The summed E-state index contributed by atoms with van der Waals surface area (Å²) in [6, 6.07) is 1.92. The molecule has 1 saturated heterocycles. The number of hydrogen-bond donors (Lipinski definition) is 1. The van der Waals surface area contributed by atoms with Crippen LogP contribution in [0.5, 0.6) is 0 Å². The Balaban J connectivity index is 2.15. The van der Waals surface area contributed by atoms with Gasteiger partial charge in [-0.2, -0.15) is 5.10 Å². The number of rotatable bonds is 5. The van der Waals surface area contributed by atoms with Crippen molar-refractivity contribution in [1.29, 1.82) is 0 Å². The molecule has 0 aromatic carbocycles. The van der Waals surface area contributed by atoms with Gasteiger partial charge in [-0.3, -0.25) is 14.3 Å². The van der Waals surface area contributed by atoms with Crippen molar-refractivity contribution >= 4 is 11.9 Å². The van der Waals surface area contributed by atoms with Gasteiger partial charge < -0.3 is 10.0 Å². The van der Waals surface area contributed by atoms with E-state index in [9.17, 15) is 9.59 Å². The molecule has 1 aliphatic rings. The zero-order chi connectivity index (χ0) is 18.8. The second kappa shape index (κ2) is 7.58. The Bertz CT molecular complexity index is 628. The van der Waals surface area contributed by atoms with E-state index in [1.54, 1.807) is 0 Å². The summed E-state index contributed by atoms with van der Waals surface area (Å²) in [7, 11) is 0. The van der Waals surface area contributed by atoms with E-state index < -0.39 is 5.97 Å². The predicted octanol–water partition coefficient (Wildman–Crippen LogP) is 3.48. The fourth-order valence-corrected chi connectivity index (χ4v) is 3.42. The average molecular weight is 349 g/mol. The summed E-state index contributed by atoms with van der Waals surface area (Å²) in [5.41, 5.74) is 1.39. The van der Waals surface area contributed by atoms with Crippen LogP contribution in [0.1, 0.15) is 82.4 Å². The lowest BCUT2D eigenvalue weighted by Gasteiger charge is -2.32. The van der Waals surface area contributed by atoms with Crippen LogP contribution in [0.25, 0.3) is 0 Å². The fraction of sp³-hybridized carbons (Fsp3) is 0.737. The number of piperidine rings is 1. The van der Waals surface area contributed by atoms with Crippen molar-refractivity contribution in [3.8, 4) is 0 Å². The van der Waals surface area contributed by atoms with Gasteiger partial charge in [0.1, 0.15) is 0 Å². The number of nitrogens with zero attached hydrogens (tertiary/aromatic N) is 3. The summed E-state index contributed by atoms with van der Waals surface area (Å²) in [5.74, 6) is -0.250. The van der Waals surface area contributed by atoms with Crippen LogP contribution in [0.2, 0.25) is 0 Å². The van der Waals surface area contributed by atoms with Crippen LogP contribution < -0.4 is 0 Å². The van der Waals surface area contributed by atoms with Crippen molar-refractivity contribution in [3.05, 3.63) is 17.5 Å². The highest BCUT2D eigenvalue weighted by atomic mass is 16.4. The standard InChI is InChI=1S/C19H31N3O3/c1-13(2)16-11-15(20-22(16)19(3,4)5)18(25)21-10-6-7-14(12-21)8-9-17(23)24/h11,13-14H,6-10,12H2,1-5H3,(H,23,24). The first kappa shape index (κ1) is 19.5. The van der Waals surface area contributed by atoms with E-state index in [0.717, 1.165) is 25.1 Å². The molecule has 0 saturated carbocycles. The third-order valence-corrected chi connectivity index (χ3v) is 4.76. The molecule has 0 aliphatic carbocycles. The van der Waals surface area contributed by atoms with Crippen molar-refractivity contribution in [2.45, 2.75) is 71.8 Å². The summed E-state index contributed by atoms with van der Waals surface area (Å²) in [6.07, 6.45) is 2.72. The van der Waals surface area contributed by atoms with E-state index in [4.69, 9.17) is 5.11 Å². The van der Waals surface area contributed by atoms with Gasteiger partial charge >= 0.3 is 5.97 Å². The Morgan fingerprint density at radius 1 is 1.36 bits per heavy atom. The van der Waals surface area contributed by atoms with Gasteiger partial charge in [0, 0.05) is 25.2 Å². The molecule has 1 aliphatic heterocycles. The third kappa shape index (κ3) is 4.83. The van der Waals surface area contributed by atoms with Gasteiger partial charge in [-0.15, -0.1) is 0 Å². The van der Waals surface area contributed by atoms with Crippen molar-refractivity contribution < 1.29 is 14.7 Å². The van der Waals surface area contributed by atoms with Crippen LogP contribution >= 0.6 is 0 Å². The summed E-state index contributed by atoms with van der Waals surface area (Å²) in [6.45, 7) is 11.8. The fourth-order valence-electron chi connectivity index (χ4n) is 3.42. The number of carbonyl (C=O) groups excluding carboxylic acids is 1. The summed E-state index contributed by atoms with van der Waals surface area (Å²) in [5, 5.41) is 13.5. The second-order valence-electron chi connectivity index (χ2n) is 8.38. The molecule has 2 rings (SSSR count). The van der Waals surface area contributed by atoms with Gasteiger partial charge in [-0.25, -0.2) is 0 Å². The molecule has 140 valence electrons. The molecule has 25 heavy (non-hydrogen) atoms. The number of carboxylic acids is 1. The maximum Gasteiger partial charge on any atom is 0.303 e. The first-order valence-corrected chi connectivity index (χ1v) is 9.21. The molecule has 1 unspecified atom stereocenters. The van der Waals surface area contributed by atoms with Crippen LogP contribution in [0.3, 0.4) is 0 Å². The predicted molar refractivity (Wildman–Crippen MR) is 96.8 cm³/mol. The SMILES string of the molecule is CC(C)c1cc(C(=O)N2CCCC(CCC(=O)O)C2)nn1C(C)(C)C. The number of amides is 1. The van der Waals surface area contributed by atoms with Gasteiger partial charge in [0.05, 0.1) is 5.54 Å². The van der Waals surface area contributed by atoms with Crippen molar-refractivity contribution in [2.24, 2.45) is 5.92 Å². The van der Waals surface area contributed by atoms with E-state index in [-0.39, 0.29) is 29.7 Å². The van der Waals surface area contributed by atoms with Gasteiger partial charge in [0.25, 0.3) is 5.91 Å². The van der Waals surface area contributed by atoms with E-state index in [0.29, 0.717) is 18.7 Å². The topological polar surface area (TPSA) is 75.4 Å². The van der Waals surface area contributed by atoms with Gasteiger partial charge in [0.15, 0.2) is 5.69 Å². The van der Waals surface area contributed by atoms with Crippen molar-refractivity contribution in [1.82, 2.24) is 14.7 Å². The average Bonchev–Trinajstić information content (AvgIpc) is 2.98. The summed E-state index contributed by atoms with van der Waals surface area (Å²) in [4.78, 5) is 25.6. The van der Waals surface area contributed by atoms with E-state index in [1.807, 2.05) is 15.6 Å². The smallest absolute Gasteiger partial charge is 0.303 e. The molecule has 2 heterocycles. The van der Waals surface area contributed by atoms with Gasteiger partial charge in [-0.05, 0) is 57.9 Å². The quantitative estimate of drug-likeness (QED) is 0.883. The maximum atomic E-state index is 12.9. The Hall–Kier alpha value is -1.85. The molecular weight excluding hydrogens is 318 g/mol. The lowest BCUT2D eigenvalue weighted by atomic mass is 9.93. The largest absolute Gasteiger partial charge is 0.481 e. The number of likely N-dealkylation sites (tertiary alicyclic amines) is 1. The molecule has 0 spiro atoms. The number of aromatic nitrogens is 2. The first-order chi connectivity index (χ1) is 11.6. The molecule has 6 heteroatoms. The Labute approximate surface area is 150 Å². The number of carboxylic acid groups (broad SMARTS) is 1. The molecule has 1 aromatic rings. The summed E-state index contributed by atoms with van der Waals surface area (Å²) >= 11 is 0. The molecule has 1 aromatic heterocycles. The molecule has 1 atom stereocenters. The zero-order valence-corrected chi connectivity index (χ0v) is 16.1. The van der Waals surface area contributed by atoms with Crippen LogP contribution in [0.4, 0.5) is 0 Å². The Kier molecular flexibility index (Phi) is 5.91. The third-order valence-electron chi connectivity index (χ3n) is 4.76. The first-order valence-electron chi connectivity index (χ1n) is 9.21. The molecular formula is C19H31N3O3.